The molecule has 0 aliphatic carbocycles. The largest absolute Gasteiger partial charge is 0.305 e. The van der Waals surface area contributed by atoms with Gasteiger partial charge in [0.05, 0.1) is 18.0 Å². The summed E-state index contributed by atoms with van der Waals surface area (Å²) < 4.78 is 26.9. The molecule has 1 aliphatic heterocycles. The van der Waals surface area contributed by atoms with Crippen LogP contribution in [-0.2, 0) is 33.7 Å². The second-order valence-corrected chi connectivity index (χ2v) is 8.62. The van der Waals surface area contributed by atoms with Crippen molar-refractivity contribution >= 4 is 27.8 Å². The number of anilines is 1. The van der Waals surface area contributed by atoms with E-state index in [1.165, 1.54) is 10.4 Å². The Balaban J connectivity index is 1.43. The summed E-state index contributed by atoms with van der Waals surface area (Å²) in [6, 6.07) is 12.7. The third-order valence-corrected chi connectivity index (χ3v) is 6.30. The van der Waals surface area contributed by atoms with Crippen molar-refractivity contribution in [3.63, 3.8) is 0 Å². The highest BCUT2D eigenvalue weighted by Gasteiger charge is 2.33. The van der Waals surface area contributed by atoms with Crippen LogP contribution in [0.4, 0.5) is 5.82 Å². The van der Waals surface area contributed by atoms with Gasteiger partial charge in [-0.15, -0.1) is 0 Å². The molecule has 0 unspecified atom stereocenters. The Bertz CT molecular complexity index is 1140. The van der Waals surface area contributed by atoms with Crippen LogP contribution in [0, 0.1) is 0 Å². The first-order valence-corrected chi connectivity index (χ1v) is 10.6. The average Bonchev–Trinajstić information content (AvgIpc) is 3.30. The number of fused-ring (bicyclic) bond motifs is 1. The van der Waals surface area contributed by atoms with E-state index in [0.29, 0.717) is 17.1 Å². The molecule has 3 aromatic rings. The number of carbonyl (C=O) groups is 1. The van der Waals surface area contributed by atoms with E-state index in [4.69, 9.17) is 0 Å². The highest BCUT2D eigenvalue weighted by atomic mass is 32.2. The molecular weight excluding hydrogens is 390 g/mol. The van der Waals surface area contributed by atoms with Crippen molar-refractivity contribution in [2.45, 2.75) is 18.8 Å². The molecule has 1 aliphatic rings. The normalized spacial score (nSPS) is 14.2. The second kappa shape index (κ2) is 7.98. The molecule has 3 heterocycles. The Morgan fingerprint density at radius 1 is 1.17 bits per heavy atom. The fourth-order valence-electron chi connectivity index (χ4n) is 3.09. The minimum absolute atomic E-state index is 0.0684. The van der Waals surface area contributed by atoms with Gasteiger partial charge in [-0.3, -0.25) is 14.9 Å². The Labute approximate surface area is 168 Å². The molecule has 0 saturated heterocycles. The molecule has 0 radical (unpaired) electrons. The van der Waals surface area contributed by atoms with E-state index in [1.807, 2.05) is 24.3 Å². The van der Waals surface area contributed by atoms with Crippen LogP contribution in [0.3, 0.4) is 0 Å². The van der Waals surface area contributed by atoms with Crippen LogP contribution in [0.2, 0.25) is 0 Å². The number of aromatic amines is 1. The van der Waals surface area contributed by atoms with Gasteiger partial charge >= 0.3 is 0 Å². The van der Waals surface area contributed by atoms with E-state index in [2.05, 4.69) is 20.5 Å². The number of carbonyl (C=O) groups excluding carboxylic acids is 1. The number of hydrogen-bond donors (Lipinski definition) is 2. The zero-order chi connectivity index (χ0) is 20.3. The van der Waals surface area contributed by atoms with Gasteiger partial charge in [0, 0.05) is 30.6 Å². The molecule has 29 heavy (non-hydrogen) atoms. The smallest absolute Gasteiger partial charge is 0.249 e. The van der Waals surface area contributed by atoms with E-state index >= 15 is 0 Å². The zero-order valence-electron chi connectivity index (χ0n) is 15.4. The predicted molar refractivity (Wildman–Crippen MR) is 109 cm³/mol. The first-order valence-electron chi connectivity index (χ1n) is 8.98. The van der Waals surface area contributed by atoms with Gasteiger partial charge in [-0.25, -0.2) is 8.42 Å². The van der Waals surface area contributed by atoms with Crippen LogP contribution in [-0.4, -0.2) is 33.8 Å². The van der Waals surface area contributed by atoms with Gasteiger partial charge in [-0.1, -0.05) is 36.4 Å². The molecule has 8 nitrogen and oxygen atoms in total. The summed E-state index contributed by atoms with van der Waals surface area (Å²) in [6.45, 7) is 0.377. The quantitative estimate of drug-likeness (QED) is 0.608. The standard InChI is InChI=1S/C20H19N5O3S/c26-19(9-8-15-7-4-10-21-11-15)22-20-17-12-25(13-18(17)23-24-20)29(27,28)14-16-5-2-1-3-6-16/h1-11H,12-14H2,(H2,22,23,24,26). The highest BCUT2D eigenvalue weighted by molar-refractivity contribution is 7.88. The Hall–Kier alpha value is -3.30. The molecule has 0 saturated carbocycles. The summed E-state index contributed by atoms with van der Waals surface area (Å²) >= 11 is 0. The lowest BCUT2D eigenvalue weighted by Crippen LogP contribution is -2.27. The molecule has 148 valence electrons. The maximum Gasteiger partial charge on any atom is 0.249 e. The maximum absolute atomic E-state index is 12.7. The summed E-state index contributed by atoms with van der Waals surface area (Å²) in [6.07, 6.45) is 6.33. The van der Waals surface area contributed by atoms with Gasteiger partial charge in [-0.2, -0.15) is 9.40 Å². The summed E-state index contributed by atoms with van der Waals surface area (Å²) in [5.41, 5.74) is 2.90. The number of H-pyrrole nitrogens is 1. The number of rotatable bonds is 6. The molecule has 9 heteroatoms. The number of sulfonamides is 1. The third kappa shape index (κ3) is 4.41. The lowest BCUT2D eigenvalue weighted by molar-refractivity contribution is -0.111. The Morgan fingerprint density at radius 2 is 2.00 bits per heavy atom. The van der Waals surface area contributed by atoms with Gasteiger partial charge in [0.15, 0.2) is 5.82 Å². The number of nitrogens with one attached hydrogen (secondary N) is 2. The van der Waals surface area contributed by atoms with Crippen molar-refractivity contribution in [3.05, 3.63) is 83.3 Å². The number of nitrogens with zero attached hydrogens (tertiary/aromatic N) is 3. The van der Waals surface area contributed by atoms with Crippen molar-refractivity contribution in [1.82, 2.24) is 19.5 Å². The molecule has 0 atom stereocenters. The number of aromatic nitrogens is 3. The van der Waals surface area contributed by atoms with Crippen molar-refractivity contribution in [2.24, 2.45) is 0 Å². The highest BCUT2D eigenvalue weighted by Crippen LogP contribution is 2.30. The summed E-state index contributed by atoms with van der Waals surface area (Å²) in [5, 5.41) is 9.64. The van der Waals surface area contributed by atoms with Gasteiger partial charge in [0.25, 0.3) is 0 Å². The van der Waals surface area contributed by atoms with Gasteiger partial charge in [0.2, 0.25) is 15.9 Å². The fraction of sp³-hybridized carbons (Fsp3) is 0.150. The van der Waals surface area contributed by atoms with E-state index in [9.17, 15) is 13.2 Å². The molecule has 2 N–H and O–H groups in total. The number of hydrogen-bond acceptors (Lipinski definition) is 5. The lowest BCUT2D eigenvalue weighted by atomic mass is 10.2. The monoisotopic (exact) mass is 409 g/mol. The maximum atomic E-state index is 12.7. The van der Waals surface area contributed by atoms with Gasteiger partial charge in [0.1, 0.15) is 0 Å². The number of amides is 1. The van der Waals surface area contributed by atoms with E-state index in [-0.39, 0.29) is 24.7 Å². The van der Waals surface area contributed by atoms with Crippen molar-refractivity contribution in [3.8, 4) is 0 Å². The van der Waals surface area contributed by atoms with E-state index in [0.717, 1.165) is 11.1 Å². The van der Waals surface area contributed by atoms with Crippen LogP contribution >= 0.6 is 0 Å². The number of benzene rings is 1. The lowest BCUT2D eigenvalue weighted by Gasteiger charge is -2.16. The fourth-order valence-corrected chi connectivity index (χ4v) is 4.54. The molecule has 1 amide bonds. The van der Waals surface area contributed by atoms with Crippen molar-refractivity contribution in [1.29, 1.82) is 0 Å². The van der Waals surface area contributed by atoms with Crippen LogP contribution in [0.5, 0.6) is 0 Å². The van der Waals surface area contributed by atoms with Crippen molar-refractivity contribution in [2.75, 3.05) is 5.32 Å². The van der Waals surface area contributed by atoms with Gasteiger partial charge < -0.3 is 5.32 Å². The van der Waals surface area contributed by atoms with Gasteiger partial charge in [-0.05, 0) is 23.3 Å². The third-order valence-electron chi connectivity index (χ3n) is 4.56. The molecular formula is C20H19N5O3S. The van der Waals surface area contributed by atoms with E-state index < -0.39 is 10.0 Å². The first kappa shape index (κ1) is 19.0. The van der Waals surface area contributed by atoms with Crippen LogP contribution < -0.4 is 5.32 Å². The molecule has 0 fully saturated rings. The summed E-state index contributed by atoms with van der Waals surface area (Å²) in [5.74, 6) is -0.0758. The minimum atomic E-state index is -3.49. The first-order chi connectivity index (χ1) is 14.0. The zero-order valence-corrected chi connectivity index (χ0v) is 16.3. The molecule has 1 aromatic carbocycles. The summed E-state index contributed by atoms with van der Waals surface area (Å²) in [7, 11) is -3.49. The predicted octanol–water partition coefficient (Wildman–Crippen LogP) is 2.30. The van der Waals surface area contributed by atoms with E-state index in [1.54, 1.807) is 36.7 Å². The van der Waals surface area contributed by atoms with Crippen LogP contribution in [0.1, 0.15) is 22.4 Å². The van der Waals surface area contributed by atoms with Crippen LogP contribution in [0.25, 0.3) is 6.08 Å². The molecule has 0 bridgehead atoms. The topological polar surface area (TPSA) is 108 Å². The molecule has 2 aromatic heterocycles. The average molecular weight is 409 g/mol. The summed E-state index contributed by atoms with van der Waals surface area (Å²) in [4.78, 5) is 16.2. The van der Waals surface area contributed by atoms with Crippen LogP contribution in [0.15, 0.2) is 60.9 Å². The number of pyridine rings is 1. The minimum Gasteiger partial charge on any atom is -0.305 e. The second-order valence-electron chi connectivity index (χ2n) is 6.65. The molecule has 4 rings (SSSR count). The SMILES string of the molecule is O=C(C=Cc1cccnc1)Nc1n[nH]c2c1CN(S(=O)(=O)Cc1ccccc1)C2. The Morgan fingerprint density at radius 3 is 2.76 bits per heavy atom. The van der Waals surface area contributed by atoms with Crippen molar-refractivity contribution < 1.29 is 13.2 Å². The Kier molecular flexibility index (Phi) is 5.24. The molecule has 0 spiro atoms.